The molecule has 1 aliphatic heterocycles. The largest absolute Gasteiger partial charge is 0.493 e. The van der Waals surface area contributed by atoms with E-state index in [0.29, 0.717) is 35.6 Å². The van der Waals surface area contributed by atoms with Gasteiger partial charge in [0.05, 0.1) is 18.4 Å². The van der Waals surface area contributed by atoms with Crippen LogP contribution in [0.4, 0.5) is 0 Å². The van der Waals surface area contributed by atoms with Gasteiger partial charge in [0.15, 0.2) is 11.5 Å². The quantitative estimate of drug-likeness (QED) is 0.362. The predicted octanol–water partition coefficient (Wildman–Crippen LogP) is 2.72. The van der Waals surface area contributed by atoms with Crippen LogP contribution >= 0.6 is 0 Å². The summed E-state index contributed by atoms with van der Waals surface area (Å²) in [7, 11) is 1.49. The van der Waals surface area contributed by atoms with Crippen LogP contribution in [0.5, 0.6) is 11.5 Å². The second-order valence-electron chi connectivity index (χ2n) is 4.75. The molecule has 1 aliphatic rings. The topological polar surface area (TPSA) is 74.2 Å². The van der Waals surface area contributed by atoms with Crippen LogP contribution in [0, 0.1) is 0 Å². The average molecular weight is 303 g/mol. The highest BCUT2D eigenvalue weighted by Gasteiger charge is 2.22. The van der Waals surface area contributed by atoms with Gasteiger partial charge in [-0.15, -0.1) is 0 Å². The molecule has 0 saturated heterocycles. The molecule has 0 unspecified atom stereocenters. The van der Waals surface area contributed by atoms with Crippen molar-refractivity contribution in [2.45, 2.75) is 26.7 Å². The smallest absolute Gasteiger partial charge is 0.367 e. The number of carbonyl (C=O) groups excluding carboxylic acids is 2. The van der Waals surface area contributed by atoms with Gasteiger partial charge in [-0.2, -0.15) is 0 Å². The maximum absolute atomic E-state index is 11.6. The molecule has 0 N–H and O–H groups in total. The summed E-state index contributed by atoms with van der Waals surface area (Å²) in [6.45, 7) is 3.59. The van der Waals surface area contributed by atoms with Crippen LogP contribution in [0.3, 0.4) is 0 Å². The van der Waals surface area contributed by atoms with Gasteiger partial charge >= 0.3 is 11.9 Å². The van der Waals surface area contributed by atoms with Gasteiger partial charge < -0.3 is 14.3 Å². The summed E-state index contributed by atoms with van der Waals surface area (Å²) in [6, 6.07) is 5.04. The van der Waals surface area contributed by atoms with E-state index in [9.17, 15) is 9.59 Å². The van der Waals surface area contributed by atoms with Crippen LogP contribution in [0.1, 0.15) is 32.3 Å². The van der Waals surface area contributed by atoms with E-state index in [2.05, 4.69) is 9.99 Å². The number of hydrogen-bond donors (Lipinski definition) is 0. The Hall–Kier alpha value is -2.63. The standard InChI is InChI=1S/C16H17NO5/c1-4-5-15(18)21-13-7-6-11(9-14(13)20-3)8-12-10(2)17-22-16(12)19/h6-9H,4-5H2,1-3H3/b12-8-. The average Bonchev–Trinajstić information content (AvgIpc) is 2.81. The molecule has 1 aromatic rings. The van der Waals surface area contributed by atoms with E-state index >= 15 is 0 Å². The number of oxime groups is 1. The third-order valence-electron chi connectivity index (χ3n) is 3.05. The maximum atomic E-state index is 11.6. The molecule has 0 fully saturated rings. The predicted molar refractivity (Wildman–Crippen MR) is 80.7 cm³/mol. The van der Waals surface area contributed by atoms with Crippen LogP contribution in [0.25, 0.3) is 6.08 Å². The Morgan fingerprint density at radius 3 is 2.73 bits per heavy atom. The second kappa shape index (κ2) is 6.89. The highest BCUT2D eigenvalue weighted by Crippen LogP contribution is 2.30. The van der Waals surface area contributed by atoms with Crippen LogP contribution < -0.4 is 9.47 Å². The summed E-state index contributed by atoms with van der Waals surface area (Å²) in [5.41, 5.74) is 1.62. The first-order valence-electron chi connectivity index (χ1n) is 6.92. The van der Waals surface area contributed by atoms with Gasteiger partial charge in [0.2, 0.25) is 0 Å². The van der Waals surface area contributed by atoms with E-state index in [1.165, 1.54) is 7.11 Å². The molecule has 0 aliphatic carbocycles. The van der Waals surface area contributed by atoms with Crippen molar-refractivity contribution in [2.24, 2.45) is 5.16 Å². The van der Waals surface area contributed by atoms with E-state index in [4.69, 9.17) is 9.47 Å². The zero-order chi connectivity index (χ0) is 16.1. The molecule has 22 heavy (non-hydrogen) atoms. The highest BCUT2D eigenvalue weighted by molar-refractivity contribution is 6.24. The molecule has 6 nitrogen and oxygen atoms in total. The summed E-state index contributed by atoms with van der Waals surface area (Å²) in [5.74, 6) is -0.0357. The molecule has 0 aromatic heterocycles. The van der Waals surface area contributed by atoms with Crippen LogP contribution in [-0.4, -0.2) is 24.8 Å². The number of carbonyl (C=O) groups is 2. The van der Waals surface area contributed by atoms with Crippen molar-refractivity contribution >= 4 is 23.7 Å². The Morgan fingerprint density at radius 2 is 2.14 bits per heavy atom. The zero-order valence-corrected chi connectivity index (χ0v) is 12.7. The Kier molecular flexibility index (Phi) is 4.93. The van der Waals surface area contributed by atoms with E-state index in [1.54, 1.807) is 31.2 Å². The molecule has 0 spiro atoms. The SMILES string of the molecule is CCCC(=O)Oc1ccc(/C=C2\C(=O)ON=C2C)cc1OC. The molecule has 2 rings (SSSR count). The summed E-state index contributed by atoms with van der Waals surface area (Å²) in [5, 5.41) is 3.61. The lowest BCUT2D eigenvalue weighted by molar-refractivity contribution is -0.137. The molecule has 0 radical (unpaired) electrons. The van der Waals surface area contributed by atoms with E-state index in [0.717, 1.165) is 5.56 Å². The van der Waals surface area contributed by atoms with Crippen LogP contribution in [-0.2, 0) is 14.4 Å². The van der Waals surface area contributed by atoms with Crippen molar-refractivity contribution in [1.29, 1.82) is 0 Å². The van der Waals surface area contributed by atoms with Gasteiger partial charge in [-0.3, -0.25) is 4.79 Å². The zero-order valence-electron chi connectivity index (χ0n) is 12.7. The van der Waals surface area contributed by atoms with E-state index in [-0.39, 0.29) is 5.97 Å². The minimum Gasteiger partial charge on any atom is -0.493 e. The second-order valence-corrected chi connectivity index (χ2v) is 4.75. The van der Waals surface area contributed by atoms with Gasteiger partial charge in [0.1, 0.15) is 0 Å². The molecule has 0 atom stereocenters. The van der Waals surface area contributed by atoms with Gasteiger partial charge in [0.25, 0.3) is 0 Å². The minimum absolute atomic E-state index is 0.311. The van der Waals surface area contributed by atoms with Crippen LogP contribution in [0.15, 0.2) is 28.9 Å². The van der Waals surface area contributed by atoms with Crippen molar-refractivity contribution in [1.82, 2.24) is 0 Å². The number of esters is 1. The third kappa shape index (κ3) is 3.52. The fourth-order valence-corrected chi connectivity index (χ4v) is 1.92. The van der Waals surface area contributed by atoms with Gasteiger partial charge in [0, 0.05) is 6.42 Å². The summed E-state index contributed by atoms with van der Waals surface area (Å²) in [6.07, 6.45) is 2.71. The van der Waals surface area contributed by atoms with Gasteiger partial charge in [-0.05, 0) is 37.1 Å². The van der Waals surface area contributed by atoms with Crippen molar-refractivity contribution in [3.8, 4) is 11.5 Å². The Bertz CT molecular complexity index is 661. The van der Waals surface area contributed by atoms with Gasteiger partial charge in [-0.25, -0.2) is 4.79 Å². The maximum Gasteiger partial charge on any atom is 0.367 e. The first-order valence-corrected chi connectivity index (χ1v) is 6.92. The number of ether oxygens (including phenoxy) is 2. The molecule has 0 amide bonds. The lowest BCUT2D eigenvalue weighted by Crippen LogP contribution is -2.08. The van der Waals surface area contributed by atoms with E-state index in [1.807, 2.05) is 6.92 Å². The Labute approximate surface area is 128 Å². The van der Waals surface area contributed by atoms with E-state index < -0.39 is 5.97 Å². The van der Waals surface area contributed by atoms with Crippen molar-refractivity contribution in [3.05, 3.63) is 29.3 Å². The lowest BCUT2D eigenvalue weighted by Gasteiger charge is -2.09. The summed E-state index contributed by atoms with van der Waals surface area (Å²) >= 11 is 0. The highest BCUT2D eigenvalue weighted by atomic mass is 16.7. The first-order chi connectivity index (χ1) is 10.5. The number of rotatable bonds is 5. The minimum atomic E-state index is -0.491. The number of nitrogens with zero attached hydrogens (tertiary/aromatic N) is 1. The van der Waals surface area contributed by atoms with Crippen LogP contribution in [0.2, 0.25) is 0 Å². The lowest BCUT2D eigenvalue weighted by atomic mass is 10.1. The molecule has 0 saturated carbocycles. The third-order valence-corrected chi connectivity index (χ3v) is 3.05. The first kappa shape index (κ1) is 15.8. The Balaban J connectivity index is 2.26. The molecular weight excluding hydrogens is 286 g/mol. The fraction of sp³-hybridized carbons (Fsp3) is 0.312. The summed E-state index contributed by atoms with van der Waals surface area (Å²) in [4.78, 5) is 27.7. The number of methoxy groups -OCH3 is 1. The number of benzene rings is 1. The van der Waals surface area contributed by atoms with Gasteiger partial charge in [-0.1, -0.05) is 18.1 Å². The number of hydrogen-bond acceptors (Lipinski definition) is 6. The fourth-order valence-electron chi connectivity index (χ4n) is 1.92. The molecule has 0 bridgehead atoms. The normalized spacial score (nSPS) is 15.5. The van der Waals surface area contributed by atoms with Crippen molar-refractivity contribution in [3.63, 3.8) is 0 Å². The molecular formula is C16H17NO5. The molecule has 1 aromatic carbocycles. The molecule has 1 heterocycles. The monoisotopic (exact) mass is 303 g/mol. The van der Waals surface area contributed by atoms with Crippen molar-refractivity contribution in [2.75, 3.05) is 7.11 Å². The Morgan fingerprint density at radius 1 is 1.36 bits per heavy atom. The van der Waals surface area contributed by atoms with Crippen molar-refractivity contribution < 1.29 is 23.9 Å². The summed E-state index contributed by atoms with van der Waals surface area (Å²) < 4.78 is 10.5. The molecule has 116 valence electrons. The molecule has 6 heteroatoms.